The molecule has 94 valence electrons. The molecule has 0 heterocycles. The van der Waals surface area contributed by atoms with Crippen molar-refractivity contribution in [2.24, 2.45) is 23.7 Å². The van der Waals surface area contributed by atoms with E-state index in [4.69, 9.17) is 0 Å². The lowest BCUT2D eigenvalue weighted by Gasteiger charge is -2.22. The van der Waals surface area contributed by atoms with E-state index in [1.165, 1.54) is 25.7 Å². The topological polar surface area (TPSA) is 12.0 Å². The van der Waals surface area contributed by atoms with Gasteiger partial charge in [-0.15, -0.1) is 0 Å². The molecule has 0 aromatic heterocycles. The van der Waals surface area contributed by atoms with Crippen molar-refractivity contribution < 1.29 is 0 Å². The highest BCUT2D eigenvalue weighted by Crippen LogP contribution is 2.53. The molecule has 1 heteroatoms. The monoisotopic (exact) mass is 223 g/mol. The predicted molar refractivity (Wildman–Crippen MR) is 70.5 cm³/mol. The van der Waals surface area contributed by atoms with Crippen LogP contribution in [0.1, 0.15) is 60.3 Å². The number of hydrogen-bond acceptors (Lipinski definition) is 1. The van der Waals surface area contributed by atoms with Gasteiger partial charge < -0.3 is 5.32 Å². The first-order valence-corrected chi connectivity index (χ1v) is 7.24. The Bertz CT molecular complexity index is 250. The van der Waals surface area contributed by atoms with Crippen molar-refractivity contribution in [2.75, 3.05) is 0 Å². The Kier molecular flexibility index (Phi) is 3.36. The van der Waals surface area contributed by atoms with Crippen LogP contribution in [0, 0.1) is 23.7 Å². The van der Waals surface area contributed by atoms with Gasteiger partial charge in [-0.05, 0) is 63.2 Å². The highest BCUT2D eigenvalue weighted by atomic mass is 15.1. The average molecular weight is 223 g/mol. The fourth-order valence-electron chi connectivity index (χ4n) is 3.43. The summed E-state index contributed by atoms with van der Waals surface area (Å²) in [5.74, 6) is 3.95. The molecule has 2 fully saturated rings. The van der Waals surface area contributed by atoms with E-state index in [-0.39, 0.29) is 0 Å². The lowest BCUT2D eigenvalue weighted by atomic mass is 9.95. The summed E-state index contributed by atoms with van der Waals surface area (Å²) < 4.78 is 0. The third-order valence-electron chi connectivity index (χ3n) is 5.13. The normalized spacial score (nSPS) is 45.2. The molecule has 0 aromatic rings. The highest BCUT2D eigenvalue weighted by molar-refractivity contribution is 5.10. The predicted octanol–water partition coefficient (Wildman–Crippen LogP) is 3.84. The number of hydrogen-bond donors (Lipinski definition) is 1. The second-order valence-electron chi connectivity index (χ2n) is 6.87. The lowest BCUT2D eigenvalue weighted by molar-refractivity contribution is 0.347. The maximum Gasteiger partial charge on any atom is 0.0190 e. The van der Waals surface area contributed by atoms with Gasteiger partial charge in [0.1, 0.15) is 0 Å². The van der Waals surface area contributed by atoms with E-state index in [0.717, 1.165) is 23.7 Å². The minimum atomic E-state index is 0.465. The smallest absolute Gasteiger partial charge is 0.0190 e. The van der Waals surface area contributed by atoms with E-state index in [1.54, 1.807) is 0 Å². The molecule has 0 amide bonds. The molecule has 2 saturated carbocycles. The molecule has 0 radical (unpaired) electrons. The van der Waals surface area contributed by atoms with E-state index < -0.39 is 0 Å². The third-order valence-corrected chi connectivity index (χ3v) is 5.13. The quantitative estimate of drug-likeness (QED) is 0.721. The van der Waals surface area contributed by atoms with Crippen LogP contribution in [0.15, 0.2) is 0 Å². The fourth-order valence-corrected chi connectivity index (χ4v) is 3.43. The molecule has 1 nitrogen and oxygen atoms in total. The van der Waals surface area contributed by atoms with Crippen LogP contribution in [-0.2, 0) is 0 Å². The van der Waals surface area contributed by atoms with Gasteiger partial charge in [0.05, 0.1) is 0 Å². The van der Waals surface area contributed by atoms with E-state index in [9.17, 15) is 0 Å². The molecule has 0 spiro atoms. The third kappa shape index (κ3) is 2.61. The van der Waals surface area contributed by atoms with Crippen molar-refractivity contribution in [3.63, 3.8) is 0 Å². The summed E-state index contributed by atoms with van der Waals surface area (Å²) in [5.41, 5.74) is 0.465. The van der Waals surface area contributed by atoms with Crippen LogP contribution in [0.4, 0.5) is 0 Å². The van der Waals surface area contributed by atoms with Crippen LogP contribution in [0.2, 0.25) is 0 Å². The van der Waals surface area contributed by atoms with Crippen LogP contribution in [0.25, 0.3) is 0 Å². The van der Waals surface area contributed by atoms with Gasteiger partial charge in [-0.1, -0.05) is 20.8 Å². The van der Waals surface area contributed by atoms with Gasteiger partial charge in [0.2, 0.25) is 0 Å². The highest BCUT2D eigenvalue weighted by Gasteiger charge is 2.53. The molecule has 0 aliphatic heterocycles. The maximum absolute atomic E-state index is 3.82. The Morgan fingerprint density at radius 3 is 2.50 bits per heavy atom. The van der Waals surface area contributed by atoms with Gasteiger partial charge in [0.25, 0.3) is 0 Å². The van der Waals surface area contributed by atoms with Crippen LogP contribution in [0.5, 0.6) is 0 Å². The summed E-state index contributed by atoms with van der Waals surface area (Å²) in [7, 11) is 0. The first kappa shape index (κ1) is 12.4. The minimum Gasteiger partial charge on any atom is -0.309 e. The molecule has 6 atom stereocenters. The molecule has 2 aliphatic carbocycles. The van der Waals surface area contributed by atoms with Gasteiger partial charge in [-0.2, -0.15) is 0 Å². The molecule has 1 N–H and O–H groups in total. The zero-order chi connectivity index (χ0) is 11.9. The number of rotatable bonds is 6. The van der Waals surface area contributed by atoms with Crippen molar-refractivity contribution in [3.05, 3.63) is 0 Å². The summed E-state index contributed by atoms with van der Waals surface area (Å²) in [5, 5.41) is 3.82. The maximum atomic E-state index is 3.82. The van der Waals surface area contributed by atoms with Crippen molar-refractivity contribution >= 4 is 0 Å². The summed E-state index contributed by atoms with van der Waals surface area (Å²) in [4.78, 5) is 0. The fraction of sp³-hybridized carbons (Fsp3) is 1.00. The molecule has 0 bridgehead atoms. The largest absolute Gasteiger partial charge is 0.309 e. The van der Waals surface area contributed by atoms with E-state index in [1.807, 2.05) is 0 Å². The first-order valence-electron chi connectivity index (χ1n) is 7.24. The molecular formula is C15H29N. The van der Waals surface area contributed by atoms with Gasteiger partial charge in [0, 0.05) is 11.6 Å². The Morgan fingerprint density at radius 2 is 2.00 bits per heavy atom. The van der Waals surface area contributed by atoms with E-state index in [2.05, 4.69) is 39.9 Å². The van der Waals surface area contributed by atoms with E-state index in [0.29, 0.717) is 11.6 Å². The van der Waals surface area contributed by atoms with Gasteiger partial charge >= 0.3 is 0 Å². The molecule has 6 unspecified atom stereocenters. The Labute approximate surface area is 101 Å². The zero-order valence-electron chi connectivity index (χ0n) is 11.7. The number of nitrogens with one attached hydrogen (secondary N) is 1. The second-order valence-corrected chi connectivity index (χ2v) is 6.87. The average Bonchev–Trinajstić information content (AvgIpc) is 3.07. The van der Waals surface area contributed by atoms with E-state index >= 15 is 0 Å². The van der Waals surface area contributed by atoms with Crippen LogP contribution >= 0.6 is 0 Å². The van der Waals surface area contributed by atoms with Gasteiger partial charge in [-0.3, -0.25) is 0 Å². The van der Waals surface area contributed by atoms with Crippen molar-refractivity contribution in [1.29, 1.82) is 0 Å². The second kappa shape index (κ2) is 4.33. The molecule has 0 aromatic carbocycles. The SMILES string of the molecule is CCC(C)NC1(C)CC1C(C)CC1CC1C. The van der Waals surface area contributed by atoms with Crippen molar-refractivity contribution in [1.82, 2.24) is 5.32 Å². The Balaban J connectivity index is 1.75. The summed E-state index contributed by atoms with van der Waals surface area (Å²) in [6, 6.07) is 0.682. The molecule has 16 heavy (non-hydrogen) atoms. The molecule has 2 rings (SSSR count). The van der Waals surface area contributed by atoms with Crippen molar-refractivity contribution in [2.45, 2.75) is 71.9 Å². The van der Waals surface area contributed by atoms with Crippen LogP contribution in [0.3, 0.4) is 0 Å². The molecular weight excluding hydrogens is 194 g/mol. The Hall–Kier alpha value is -0.0400. The summed E-state index contributed by atoms with van der Waals surface area (Å²) in [6.07, 6.45) is 5.62. The summed E-state index contributed by atoms with van der Waals surface area (Å²) in [6.45, 7) is 11.9. The zero-order valence-corrected chi connectivity index (χ0v) is 11.7. The minimum absolute atomic E-state index is 0.465. The molecule has 2 aliphatic rings. The van der Waals surface area contributed by atoms with Crippen LogP contribution < -0.4 is 5.32 Å². The molecule has 0 saturated heterocycles. The summed E-state index contributed by atoms with van der Waals surface area (Å²) >= 11 is 0. The lowest BCUT2D eigenvalue weighted by Crippen LogP contribution is -2.38. The van der Waals surface area contributed by atoms with Crippen LogP contribution in [-0.4, -0.2) is 11.6 Å². The Morgan fingerprint density at radius 1 is 1.38 bits per heavy atom. The van der Waals surface area contributed by atoms with Gasteiger partial charge in [0.15, 0.2) is 0 Å². The van der Waals surface area contributed by atoms with Gasteiger partial charge in [-0.25, -0.2) is 0 Å². The van der Waals surface area contributed by atoms with Crippen molar-refractivity contribution in [3.8, 4) is 0 Å². The first-order chi connectivity index (χ1) is 7.46. The standard InChI is InChI=1S/C15H29N/c1-6-12(4)16-15(5)9-14(15)11(3)8-13-7-10(13)2/h10-14,16H,6-9H2,1-5H3.